The van der Waals surface area contributed by atoms with Crippen molar-refractivity contribution in [2.45, 2.75) is 0 Å². The van der Waals surface area contributed by atoms with Crippen LogP contribution in [0, 0.1) is 20.2 Å². The Balaban J connectivity index is 1.62. The van der Waals surface area contributed by atoms with Crippen LogP contribution in [0.15, 0.2) is 107 Å². The Morgan fingerprint density at radius 1 is 0.591 bits per heavy atom. The molecule has 0 unspecified atom stereocenters. The van der Waals surface area contributed by atoms with Crippen LogP contribution in [0.5, 0.6) is 0 Å². The van der Waals surface area contributed by atoms with E-state index in [9.17, 15) is 29.8 Å². The van der Waals surface area contributed by atoms with Crippen molar-refractivity contribution in [1.29, 1.82) is 0 Å². The maximum atomic E-state index is 13.0. The molecule has 0 bridgehead atoms. The second-order valence-electron chi connectivity index (χ2n) is 9.23. The van der Waals surface area contributed by atoms with Gasteiger partial charge in [0.2, 0.25) is 0 Å². The van der Waals surface area contributed by atoms with Gasteiger partial charge in [0.1, 0.15) is 11.4 Å². The van der Waals surface area contributed by atoms with Crippen LogP contribution < -0.4 is 10.6 Å². The minimum atomic E-state index is -0.663. The zero-order valence-corrected chi connectivity index (χ0v) is 22.7. The molecule has 4 aromatic carbocycles. The molecule has 2 N–H and O–H groups in total. The molecule has 220 valence electrons. The molecule has 0 saturated heterocycles. The minimum Gasteiger partial charge on any atom is -0.385 e. The lowest BCUT2D eigenvalue weighted by molar-refractivity contribution is -0.385. The lowest BCUT2D eigenvalue weighted by atomic mass is 10.00. The summed E-state index contributed by atoms with van der Waals surface area (Å²) >= 11 is 0. The number of oxime groups is 2. The quantitative estimate of drug-likeness (QED) is 0.253. The highest BCUT2D eigenvalue weighted by molar-refractivity contribution is 6.18. The molecule has 5 rings (SSSR count). The van der Waals surface area contributed by atoms with Gasteiger partial charge in [-0.05, 0) is 12.1 Å². The summed E-state index contributed by atoms with van der Waals surface area (Å²) in [5, 5.41) is 36.8. The van der Waals surface area contributed by atoms with Crippen LogP contribution in [0.2, 0.25) is 0 Å². The van der Waals surface area contributed by atoms with Gasteiger partial charge in [0.05, 0.1) is 21.2 Å². The third kappa shape index (κ3) is 6.71. The summed E-state index contributed by atoms with van der Waals surface area (Å²) in [7, 11) is 0. The number of amides is 2. The van der Waals surface area contributed by atoms with Gasteiger partial charge in [-0.25, -0.2) is 0 Å². The van der Waals surface area contributed by atoms with E-state index in [1.165, 1.54) is 36.4 Å². The lowest BCUT2D eigenvalue weighted by Gasteiger charge is -2.16. The zero-order chi connectivity index (χ0) is 31.1. The second-order valence-corrected chi connectivity index (χ2v) is 9.23. The van der Waals surface area contributed by atoms with E-state index in [1.807, 2.05) is 0 Å². The van der Waals surface area contributed by atoms with Gasteiger partial charge in [-0.1, -0.05) is 71.0 Å². The number of non-ortho nitro benzene ring substituents is 2. The van der Waals surface area contributed by atoms with Gasteiger partial charge in [-0.3, -0.25) is 29.8 Å². The Kier molecular flexibility index (Phi) is 8.61. The lowest BCUT2D eigenvalue weighted by Crippen LogP contribution is -2.22. The molecule has 0 aliphatic carbocycles. The van der Waals surface area contributed by atoms with Crippen molar-refractivity contribution in [3.05, 3.63) is 140 Å². The maximum absolute atomic E-state index is 13.0. The van der Waals surface area contributed by atoms with Crippen molar-refractivity contribution in [3.8, 4) is 0 Å². The van der Waals surface area contributed by atoms with Crippen molar-refractivity contribution >= 4 is 46.0 Å². The summed E-state index contributed by atoms with van der Waals surface area (Å²) in [4.78, 5) is 58.9. The number of hydrogen-bond donors (Lipinski definition) is 2. The highest BCUT2D eigenvalue weighted by Gasteiger charge is 2.22. The largest absolute Gasteiger partial charge is 0.385 e. The molecule has 44 heavy (non-hydrogen) atoms. The van der Waals surface area contributed by atoms with E-state index in [4.69, 9.17) is 9.68 Å². The first-order chi connectivity index (χ1) is 21.3. The molecule has 0 fully saturated rings. The normalized spacial score (nSPS) is 16.2. The molecule has 2 amide bonds. The smallest absolute Gasteiger partial charge is 0.270 e. The number of hydrogen-bond acceptors (Lipinski definition) is 10. The zero-order valence-electron chi connectivity index (χ0n) is 22.7. The fourth-order valence-corrected chi connectivity index (χ4v) is 4.29. The number of nitro groups is 2. The summed E-state index contributed by atoms with van der Waals surface area (Å²) in [6.07, 6.45) is 0. The first-order valence-electron chi connectivity index (χ1n) is 13.0. The van der Waals surface area contributed by atoms with Gasteiger partial charge in [-0.2, -0.15) is 0 Å². The van der Waals surface area contributed by atoms with Gasteiger partial charge < -0.3 is 20.3 Å². The highest BCUT2D eigenvalue weighted by Crippen LogP contribution is 2.28. The summed E-state index contributed by atoms with van der Waals surface area (Å²) in [5.41, 5.74) is 1.24. The van der Waals surface area contributed by atoms with Crippen molar-refractivity contribution in [2.75, 3.05) is 23.8 Å². The Labute approximate surface area is 248 Å². The van der Waals surface area contributed by atoms with Crippen molar-refractivity contribution in [2.24, 2.45) is 10.3 Å². The van der Waals surface area contributed by atoms with Crippen LogP contribution in [0.25, 0.3) is 0 Å². The van der Waals surface area contributed by atoms with Gasteiger partial charge in [0, 0.05) is 46.5 Å². The molecule has 0 atom stereocenters. The number of anilines is 2. The van der Waals surface area contributed by atoms with E-state index in [0.29, 0.717) is 11.1 Å². The summed E-state index contributed by atoms with van der Waals surface area (Å²) in [6.45, 7) is -1.20. The average Bonchev–Trinajstić information content (AvgIpc) is 3.02. The van der Waals surface area contributed by atoms with E-state index in [1.54, 1.807) is 60.7 Å². The molecule has 14 nitrogen and oxygen atoms in total. The molecule has 1 heterocycles. The number of carbonyl (C=O) groups is 2. The first-order valence-corrected chi connectivity index (χ1v) is 13.0. The van der Waals surface area contributed by atoms with Crippen LogP contribution in [-0.4, -0.2) is 46.3 Å². The van der Waals surface area contributed by atoms with Crippen LogP contribution in [0.3, 0.4) is 0 Å². The Hall–Kier alpha value is -6.44. The van der Waals surface area contributed by atoms with Gasteiger partial charge in [-0.15, -0.1) is 0 Å². The third-order valence-electron chi connectivity index (χ3n) is 6.28. The molecular weight excluding hydrogens is 572 g/mol. The Morgan fingerprint density at radius 2 is 0.977 bits per heavy atom. The van der Waals surface area contributed by atoms with Crippen molar-refractivity contribution in [3.63, 3.8) is 0 Å². The predicted molar refractivity (Wildman–Crippen MR) is 160 cm³/mol. The van der Waals surface area contributed by atoms with Gasteiger partial charge >= 0.3 is 0 Å². The summed E-state index contributed by atoms with van der Waals surface area (Å²) in [6, 6.07) is 24.6. The van der Waals surface area contributed by atoms with E-state index in [-0.39, 0.29) is 45.3 Å². The van der Waals surface area contributed by atoms with Crippen LogP contribution in [0.4, 0.5) is 22.7 Å². The number of nitrogens with zero attached hydrogens (tertiary/aromatic N) is 4. The maximum Gasteiger partial charge on any atom is 0.270 e. The van der Waals surface area contributed by atoms with E-state index < -0.39 is 34.9 Å². The molecule has 0 radical (unpaired) electrons. The van der Waals surface area contributed by atoms with E-state index >= 15 is 0 Å². The van der Waals surface area contributed by atoms with Crippen molar-refractivity contribution in [1.82, 2.24) is 0 Å². The molecular formula is C30H22N6O8. The molecule has 0 saturated carbocycles. The Morgan fingerprint density at radius 3 is 1.34 bits per heavy atom. The molecule has 14 heteroatoms. The van der Waals surface area contributed by atoms with Gasteiger partial charge in [0.15, 0.2) is 13.2 Å². The number of fused-ring (bicyclic) bond motifs is 2. The number of rotatable bonds is 4. The number of nitrogens with one attached hydrogen (secondary N) is 2. The van der Waals surface area contributed by atoms with Crippen molar-refractivity contribution < 1.29 is 29.1 Å². The number of carbonyl (C=O) groups excluding carboxylic acids is 2. The summed E-state index contributed by atoms with van der Waals surface area (Å²) < 4.78 is 0. The van der Waals surface area contributed by atoms with E-state index in [0.717, 1.165) is 0 Å². The molecule has 1 aliphatic heterocycles. The minimum absolute atomic E-state index is 0.103. The number of benzene rings is 4. The number of nitro benzene ring substituents is 2. The molecule has 1 aliphatic rings. The van der Waals surface area contributed by atoms with Crippen LogP contribution in [0.1, 0.15) is 22.3 Å². The fourth-order valence-electron chi connectivity index (χ4n) is 4.29. The molecule has 4 aromatic rings. The van der Waals surface area contributed by atoms with Crippen LogP contribution in [-0.2, 0) is 19.3 Å². The fraction of sp³-hybridized carbons (Fsp3) is 0.0667. The standard InChI is InChI=1S/C30H22N6O8/c37-27-17-43-33-29(19-7-3-1-4-8-19)23-15-21(35(39)40)11-13-25(23)31-28(38)18-44-34-30(20-9-5-2-6-10-20)24-16-22(36(41)42)12-14-26(24)32-27/h1-16H,17-18H2,(H,31,38)(H,32,37)/b33-29-,34-30-. The van der Waals surface area contributed by atoms with Gasteiger partial charge in [0.25, 0.3) is 23.2 Å². The third-order valence-corrected chi connectivity index (χ3v) is 6.28. The molecule has 0 spiro atoms. The topological polar surface area (TPSA) is 188 Å². The molecule has 0 aromatic heterocycles. The highest BCUT2D eigenvalue weighted by atomic mass is 16.6. The summed E-state index contributed by atoms with van der Waals surface area (Å²) in [5.74, 6) is -1.33. The van der Waals surface area contributed by atoms with Crippen LogP contribution >= 0.6 is 0 Å². The Bertz CT molecular complexity index is 1680. The first kappa shape index (κ1) is 29.1. The van der Waals surface area contributed by atoms with E-state index in [2.05, 4.69) is 20.9 Å². The SMILES string of the molecule is O=C1CO/N=C(/c2ccccc2)c2cc([N+](=O)[O-])ccc2NC(=O)CO/N=C(/c2ccccc2)c2cc([N+](=O)[O-])ccc2N1. The monoisotopic (exact) mass is 594 g/mol. The predicted octanol–water partition coefficient (Wildman–Crippen LogP) is 4.63. The average molecular weight is 595 g/mol. The second kappa shape index (κ2) is 13.0.